The number of carbonyl (C=O) groups excluding carboxylic acids is 2. The van der Waals surface area contributed by atoms with Crippen molar-refractivity contribution in [3.05, 3.63) is 0 Å². The third-order valence-corrected chi connectivity index (χ3v) is 2.75. The summed E-state index contributed by atoms with van der Waals surface area (Å²) in [5.41, 5.74) is -2.49. The maximum Gasteiger partial charge on any atom is 0.336 e. The van der Waals surface area contributed by atoms with E-state index in [0.717, 1.165) is 14.2 Å². The molecule has 0 spiro atoms. The van der Waals surface area contributed by atoms with Crippen LogP contribution in [0.5, 0.6) is 0 Å². The number of hydrogen-bond donors (Lipinski definition) is 5. The number of ether oxygens (including phenoxy) is 2. The van der Waals surface area contributed by atoms with Gasteiger partial charge < -0.3 is 34.6 Å². The van der Waals surface area contributed by atoms with Crippen molar-refractivity contribution in [2.24, 2.45) is 0 Å². The van der Waals surface area contributed by atoms with E-state index >= 15 is 0 Å². The molecule has 5 N–H and O–H groups in total. The Balaban J connectivity index is -0.000000419. The van der Waals surface area contributed by atoms with Crippen molar-refractivity contribution in [3.8, 4) is 0 Å². The van der Waals surface area contributed by atoms with E-state index in [4.69, 9.17) is 20.0 Å². The zero-order valence-electron chi connectivity index (χ0n) is 12.5. The van der Waals surface area contributed by atoms with Gasteiger partial charge in [0.1, 0.15) is 6.16 Å². The Morgan fingerprint density at radius 2 is 1.29 bits per heavy atom. The molecule has 0 saturated carbocycles. The molecule has 0 atom stereocenters. The minimum absolute atomic E-state index is 0. The fourth-order valence-electron chi connectivity index (χ4n) is 1.01. The first-order valence-electron chi connectivity index (χ1n) is 5.63. The Morgan fingerprint density at radius 1 is 0.958 bits per heavy atom. The van der Waals surface area contributed by atoms with E-state index in [1.165, 1.54) is 0 Å². The van der Waals surface area contributed by atoms with Crippen LogP contribution < -0.4 is 0 Å². The number of aliphatic carboxylic acids is 2. The molecule has 1 radical (unpaired) electrons. The quantitative estimate of drug-likeness (QED) is 0.228. The first kappa shape index (κ1) is 27.3. The third kappa shape index (κ3) is 14.1. The SMILES string of the molecule is COC(=O)CC(O)(CC(=O)OC)C(=O)O.O=C(O)CP(=O)(O)O.[Co]. The summed E-state index contributed by atoms with van der Waals surface area (Å²) in [5.74, 6) is -5.02. The van der Waals surface area contributed by atoms with Crippen molar-refractivity contribution in [1.82, 2.24) is 0 Å². The summed E-state index contributed by atoms with van der Waals surface area (Å²) < 4.78 is 18.1. The van der Waals surface area contributed by atoms with Crippen LogP contribution in [0, 0.1) is 0 Å². The standard InChI is InChI=1S/C8H12O7.C2H5O5P.Co/c1-14-5(9)3-8(13,7(11)12)4-6(10)15-2;3-2(4)1-8(5,6)7;/h13H,3-4H2,1-2H3,(H,11,12);1H2,(H,3,4)(H2,5,6,7);. The number of carbonyl (C=O) groups is 4. The summed E-state index contributed by atoms with van der Waals surface area (Å²) in [6.07, 6.45) is -2.71. The second-order valence-corrected chi connectivity index (χ2v) is 5.70. The zero-order chi connectivity index (χ0) is 18.8. The second-order valence-electron chi connectivity index (χ2n) is 4.06. The summed E-state index contributed by atoms with van der Waals surface area (Å²) in [5, 5.41) is 25.9. The van der Waals surface area contributed by atoms with Crippen LogP contribution >= 0.6 is 7.60 Å². The van der Waals surface area contributed by atoms with Crippen molar-refractivity contribution in [2.75, 3.05) is 20.4 Å². The van der Waals surface area contributed by atoms with Gasteiger partial charge in [-0.05, 0) is 0 Å². The smallest absolute Gasteiger partial charge is 0.336 e. The average molecular weight is 419 g/mol. The van der Waals surface area contributed by atoms with Gasteiger partial charge in [0.2, 0.25) is 0 Å². The van der Waals surface area contributed by atoms with Crippen LogP contribution in [0.2, 0.25) is 0 Å². The Kier molecular flexibility index (Phi) is 13.6. The van der Waals surface area contributed by atoms with E-state index in [-0.39, 0.29) is 16.8 Å². The Hall–Kier alpha value is -1.50. The molecule has 0 unspecified atom stereocenters. The van der Waals surface area contributed by atoms with E-state index in [1.54, 1.807) is 0 Å². The van der Waals surface area contributed by atoms with E-state index in [0.29, 0.717) is 0 Å². The monoisotopic (exact) mass is 419 g/mol. The number of rotatable bonds is 7. The van der Waals surface area contributed by atoms with Gasteiger partial charge >= 0.3 is 31.5 Å². The van der Waals surface area contributed by atoms with Crippen molar-refractivity contribution >= 4 is 31.5 Å². The van der Waals surface area contributed by atoms with Gasteiger partial charge in [-0.2, -0.15) is 0 Å². The molecular formula is C10H17CoO12P. The first-order valence-corrected chi connectivity index (χ1v) is 7.43. The van der Waals surface area contributed by atoms with Gasteiger partial charge in [-0.15, -0.1) is 0 Å². The molecule has 0 aliphatic carbocycles. The molecule has 0 rings (SSSR count). The van der Waals surface area contributed by atoms with Gasteiger partial charge in [0.05, 0.1) is 27.1 Å². The van der Waals surface area contributed by atoms with Crippen molar-refractivity contribution in [1.29, 1.82) is 0 Å². The number of methoxy groups -OCH3 is 2. The molecule has 0 bridgehead atoms. The van der Waals surface area contributed by atoms with Crippen LogP contribution in [0.1, 0.15) is 12.8 Å². The normalized spacial score (nSPS) is 10.4. The number of esters is 2. The fourth-order valence-corrected chi connectivity index (χ4v) is 1.36. The molecule has 14 heteroatoms. The Labute approximate surface area is 146 Å². The van der Waals surface area contributed by atoms with E-state index in [2.05, 4.69) is 9.47 Å². The van der Waals surface area contributed by atoms with Crippen LogP contribution in [0.25, 0.3) is 0 Å². The maximum atomic E-state index is 10.8. The van der Waals surface area contributed by atoms with Gasteiger partial charge in [-0.3, -0.25) is 18.9 Å². The topological polar surface area (TPSA) is 205 Å². The van der Waals surface area contributed by atoms with Crippen LogP contribution in [0.15, 0.2) is 0 Å². The molecule has 0 aliphatic rings. The van der Waals surface area contributed by atoms with Crippen molar-refractivity contribution < 1.29 is 75.1 Å². The van der Waals surface area contributed by atoms with E-state index < -0.39 is 56.1 Å². The van der Waals surface area contributed by atoms with Crippen LogP contribution in [0.3, 0.4) is 0 Å². The molecule has 0 amide bonds. The van der Waals surface area contributed by atoms with E-state index in [1.807, 2.05) is 0 Å². The van der Waals surface area contributed by atoms with Gasteiger partial charge in [0, 0.05) is 16.8 Å². The molecule has 0 heterocycles. The average Bonchev–Trinajstić information content (AvgIpc) is 2.35. The molecule has 0 saturated heterocycles. The van der Waals surface area contributed by atoms with E-state index in [9.17, 15) is 28.8 Å². The van der Waals surface area contributed by atoms with Crippen molar-refractivity contribution in [2.45, 2.75) is 18.4 Å². The zero-order valence-corrected chi connectivity index (χ0v) is 14.4. The van der Waals surface area contributed by atoms with Gasteiger partial charge in [-0.1, -0.05) is 0 Å². The molecule has 0 aromatic heterocycles. The molecule has 143 valence electrons. The summed E-state index contributed by atoms with van der Waals surface area (Å²) in [6.45, 7) is 0. The van der Waals surface area contributed by atoms with Gasteiger partial charge in [0.15, 0.2) is 5.60 Å². The summed E-state index contributed by atoms with van der Waals surface area (Å²) in [6, 6.07) is 0. The van der Waals surface area contributed by atoms with Gasteiger partial charge in [-0.25, -0.2) is 4.79 Å². The van der Waals surface area contributed by atoms with Gasteiger partial charge in [0.25, 0.3) is 0 Å². The number of aliphatic hydroxyl groups is 1. The predicted octanol–water partition coefficient (Wildman–Crippen LogP) is -1.83. The maximum absolute atomic E-state index is 10.8. The molecule has 0 aliphatic heterocycles. The molecule has 0 fully saturated rings. The minimum atomic E-state index is -4.32. The van der Waals surface area contributed by atoms with Crippen LogP contribution in [0.4, 0.5) is 0 Å². The second kappa shape index (κ2) is 11.9. The number of carboxylic acid groups (broad SMARTS) is 2. The summed E-state index contributed by atoms with van der Waals surface area (Å²) in [7, 11) is -2.23. The number of hydrogen-bond acceptors (Lipinski definition) is 8. The van der Waals surface area contributed by atoms with Crippen LogP contribution in [-0.4, -0.2) is 75.0 Å². The number of carboxylic acids is 2. The molecular weight excluding hydrogens is 402 g/mol. The largest absolute Gasteiger partial charge is 0.481 e. The minimum Gasteiger partial charge on any atom is -0.481 e. The Morgan fingerprint density at radius 3 is 1.42 bits per heavy atom. The Bertz CT molecular complexity index is 480. The predicted molar refractivity (Wildman–Crippen MR) is 70.4 cm³/mol. The first-order chi connectivity index (χ1) is 10.3. The fraction of sp³-hybridized carbons (Fsp3) is 0.600. The molecule has 24 heavy (non-hydrogen) atoms. The van der Waals surface area contributed by atoms with Crippen molar-refractivity contribution in [3.63, 3.8) is 0 Å². The molecule has 0 aromatic carbocycles. The molecule has 12 nitrogen and oxygen atoms in total. The van der Waals surface area contributed by atoms with Crippen LogP contribution in [-0.2, 0) is 50.0 Å². The molecule has 0 aromatic rings. The summed E-state index contributed by atoms with van der Waals surface area (Å²) >= 11 is 0. The summed E-state index contributed by atoms with van der Waals surface area (Å²) in [4.78, 5) is 57.6. The third-order valence-electron chi connectivity index (χ3n) is 2.07.